The van der Waals surface area contributed by atoms with Gasteiger partial charge in [0.25, 0.3) is 0 Å². The summed E-state index contributed by atoms with van der Waals surface area (Å²) in [5.41, 5.74) is 0.782. The van der Waals surface area contributed by atoms with Crippen molar-refractivity contribution >= 4 is 11.6 Å². The van der Waals surface area contributed by atoms with Crippen LogP contribution in [0, 0.1) is 0 Å². The third-order valence-electron chi connectivity index (χ3n) is 1.92. The number of nitrogens with zero attached hydrogens (tertiary/aromatic N) is 2. The lowest BCUT2D eigenvalue weighted by Crippen LogP contribution is -2.00. The molecule has 0 aromatic carbocycles. The van der Waals surface area contributed by atoms with Crippen molar-refractivity contribution in [1.29, 1.82) is 0 Å². The lowest BCUT2D eigenvalue weighted by Gasteiger charge is -2.03. The minimum atomic E-state index is -0.987. The van der Waals surface area contributed by atoms with E-state index in [1.165, 1.54) is 19.4 Å². The molecule has 0 spiro atoms. The van der Waals surface area contributed by atoms with Crippen molar-refractivity contribution in [1.82, 2.24) is 9.38 Å². The van der Waals surface area contributed by atoms with Gasteiger partial charge < -0.3 is 14.2 Å². The van der Waals surface area contributed by atoms with Crippen molar-refractivity contribution in [2.75, 3.05) is 7.11 Å². The minimum absolute atomic E-state index is 0.173. The average Bonchev–Trinajstić information content (AvgIpc) is 2.63. The molecule has 5 nitrogen and oxygen atoms in total. The fourth-order valence-electron chi connectivity index (χ4n) is 1.27. The fraction of sp³-hybridized carbons (Fsp3) is 0.111. The molecule has 0 atom stereocenters. The molecular formula is C9H8N2O3. The van der Waals surface area contributed by atoms with Crippen LogP contribution >= 0.6 is 0 Å². The zero-order chi connectivity index (χ0) is 10.1. The Morgan fingerprint density at radius 1 is 1.64 bits per heavy atom. The Morgan fingerprint density at radius 3 is 3.07 bits per heavy atom. The van der Waals surface area contributed by atoms with Crippen LogP contribution in [-0.2, 0) is 0 Å². The van der Waals surface area contributed by atoms with Gasteiger partial charge in [-0.05, 0) is 6.07 Å². The smallest absolute Gasteiger partial charge is 0.337 e. The average molecular weight is 192 g/mol. The first-order valence-electron chi connectivity index (χ1n) is 3.96. The van der Waals surface area contributed by atoms with E-state index in [1.807, 2.05) is 0 Å². The second-order valence-corrected chi connectivity index (χ2v) is 2.76. The number of carboxylic acid groups (broad SMARTS) is 1. The summed E-state index contributed by atoms with van der Waals surface area (Å²) >= 11 is 0. The minimum Gasteiger partial charge on any atom is -0.493 e. The summed E-state index contributed by atoms with van der Waals surface area (Å²) in [6.07, 6.45) is 4.75. The number of aromatic nitrogens is 2. The predicted octanol–water partition coefficient (Wildman–Crippen LogP) is 1.04. The van der Waals surface area contributed by atoms with E-state index in [9.17, 15) is 4.79 Å². The van der Waals surface area contributed by atoms with Gasteiger partial charge in [-0.2, -0.15) is 0 Å². The molecule has 1 N–H and O–H groups in total. The van der Waals surface area contributed by atoms with Crippen molar-refractivity contribution in [2.24, 2.45) is 0 Å². The van der Waals surface area contributed by atoms with Crippen LogP contribution in [0.3, 0.4) is 0 Å². The van der Waals surface area contributed by atoms with Gasteiger partial charge >= 0.3 is 5.97 Å². The van der Waals surface area contributed by atoms with E-state index in [2.05, 4.69) is 4.98 Å². The zero-order valence-electron chi connectivity index (χ0n) is 7.47. The number of ether oxygens (including phenoxy) is 1. The highest BCUT2D eigenvalue weighted by molar-refractivity contribution is 5.88. The SMILES string of the molecule is COc1cc(C(=O)O)cn2ccnc12. The molecule has 0 saturated carbocycles. The molecule has 0 aliphatic rings. The summed E-state index contributed by atoms with van der Waals surface area (Å²) in [7, 11) is 1.48. The van der Waals surface area contributed by atoms with Crippen LogP contribution < -0.4 is 4.74 Å². The van der Waals surface area contributed by atoms with Gasteiger partial charge in [0, 0.05) is 18.6 Å². The first kappa shape index (κ1) is 8.55. The van der Waals surface area contributed by atoms with Crippen LogP contribution in [0.15, 0.2) is 24.7 Å². The maximum absolute atomic E-state index is 10.7. The third kappa shape index (κ3) is 1.19. The Bertz CT molecular complexity index is 490. The van der Waals surface area contributed by atoms with Crippen LogP contribution in [0.5, 0.6) is 5.75 Å². The number of hydrogen-bond donors (Lipinski definition) is 1. The van der Waals surface area contributed by atoms with Gasteiger partial charge in [-0.1, -0.05) is 0 Å². The first-order chi connectivity index (χ1) is 6.72. The van der Waals surface area contributed by atoms with Crippen molar-refractivity contribution < 1.29 is 14.6 Å². The zero-order valence-corrected chi connectivity index (χ0v) is 7.47. The summed E-state index contributed by atoms with van der Waals surface area (Å²) in [6.45, 7) is 0. The van der Waals surface area contributed by atoms with Gasteiger partial charge in [-0.15, -0.1) is 0 Å². The molecule has 14 heavy (non-hydrogen) atoms. The fourth-order valence-corrected chi connectivity index (χ4v) is 1.27. The van der Waals surface area contributed by atoms with Crippen molar-refractivity contribution in [2.45, 2.75) is 0 Å². The summed E-state index contributed by atoms with van der Waals surface area (Å²) in [4.78, 5) is 14.8. The van der Waals surface area contributed by atoms with Gasteiger partial charge in [-0.3, -0.25) is 0 Å². The molecule has 0 aliphatic carbocycles. The van der Waals surface area contributed by atoms with Crippen LogP contribution in [0.2, 0.25) is 0 Å². The van der Waals surface area contributed by atoms with Crippen molar-refractivity contribution in [3.05, 3.63) is 30.2 Å². The van der Waals surface area contributed by atoms with E-state index in [-0.39, 0.29) is 5.56 Å². The number of carboxylic acids is 1. The molecule has 0 radical (unpaired) electrons. The molecule has 0 fully saturated rings. The molecule has 5 heteroatoms. The quantitative estimate of drug-likeness (QED) is 0.772. The molecule has 0 bridgehead atoms. The topological polar surface area (TPSA) is 63.8 Å². The largest absolute Gasteiger partial charge is 0.493 e. The normalized spacial score (nSPS) is 10.4. The van der Waals surface area contributed by atoms with Gasteiger partial charge in [0.05, 0.1) is 12.7 Å². The molecular weight excluding hydrogens is 184 g/mol. The van der Waals surface area contributed by atoms with Gasteiger partial charge in [0.1, 0.15) is 0 Å². The number of pyridine rings is 1. The highest BCUT2D eigenvalue weighted by atomic mass is 16.5. The molecule has 2 heterocycles. The highest BCUT2D eigenvalue weighted by Gasteiger charge is 2.09. The van der Waals surface area contributed by atoms with Crippen molar-refractivity contribution in [3.8, 4) is 5.75 Å². The van der Waals surface area contributed by atoms with Gasteiger partial charge in [0.15, 0.2) is 11.4 Å². The number of carbonyl (C=O) groups is 1. The summed E-state index contributed by atoms with van der Waals surface area (Å²) in [5.74, 6) is -0.534. The predicted molar refractivity (Wildman–Crippen MR) is 48.7 cm³/mol. The Kier molecular flexibility index (Phi) is 1.85. The second-order valence-electron chi connectivity index (χ2n) is 2.76. The second kappa shape index (κ2) is 3.02. The molecule has 2 aromatic heterocycles. The monoisotopic (exact) mass is 192 g/mol. The maximum atomic E-state index is 10.7. The Hall–Kier alpha value is -2.04. The molecule has 2 aromatic rings. The van der Waals surface area contributed by atoms with E-state index in [4.69, 9.17) is 9.84 Å². The highest BCUT2D eigenvalue weighted by Crippen LogP contribution is 2.19. The van der Waals surface area contributed by atoms with Crippen molar-refractivity contribution in [3.63, 3.8) is 0 Å². The summed E-state index contributed by atoms with van der Waals surface area (Å²) in [6, 6.07) is 1.45. The van der Waals surface area contributed by atoms with E-state index < -0.39 is 5.97 Å². The number of hydrogen-bond acceptors (Lipinski definition) is 3. The first-order valence-corrected chi connectivity index (χ1v) is 3.96. The summed E-state index contributed by atoms with van der Waals surface area (Å²) < 4.78 is 6.64. The van der Waals surface area contributed by atoms with E-state index in [0.717, 1.165) is 0 Å². The molecule has 0 saturated heterocycles. The Labute approximate surface area is 79.6 Å². The lowest BCUT2D eigenvalue weighted by molar-refractivity contribution is 0.0696. The van der Waals surface area contributed by atoms with Gasteiger partial charge in [-0.25, -0.2) is 9.78 Å². The van der Waals surface area contributed by atoms with E-state index >= 15 is 0 Å². The third-order valence-corrected chi connectivity index (χ3v) is 1.92. The summed E-state index contributed by atoms with van der Waals surface area (Å²) in [5, 5.41) is 8.81. The van der Waals surface area contributed by atoms with Crippen LogP contribution in [0.4, 0.5) is 0 Å². The lowest BCUT2D eigenvalue weighted by atomic mass is 10.3. The molecule has 2 rings (SSSR count). The van der Waals surface area contributed by atoms with Gasteiger partial charge in [0.2, 0.25) is 0 Å². The number of rotatable bonds is 2. The standard InChI is InChI=1S/C9H8N2O3/c1-14-7-4-6(9(12)13)5-11-3-2-10-8(7)11/h2-5H,1H3,(H,12,13). The molecule has 72 valence electrons. The number of imidazole rings is 1. The Balaban J connectivity index is 2.73. The number of fused-ring (bicyclic) bond motifs is 1. The number of aromatic carboxylic acids is 1. The molecule has 0 unspecified atom stereocenters. The maximum Gasteiger partial charge on any atom is 0.337 e. The van der Waals surface area contributed by atoms with Crippen LogP contribution in [-0.4, -0.2) is 27.6 Å². The Morgan fingerprint density at radius 2 is 2.43 bits per heavy atom. The van der Waals surface area contributed by atoms with E-state index in [0.29, 0.717) is 11.4 Å². The van der Waals surface area contributed by atoms with Crippen LogP contribution in [0.1, 0.15) is 10.4 Å². The number of methoxy groups -OCH3 is 1. The van der Waals surface area contributed by atoms with Crippen LogP contribution in [0.25, 0.3) is 5.65 Å². The molecule has 0 amide bonds. The molecule has 0 aliphatic heterocycles. The van der Waals surface area contributed by atoms with E-state index in [1.54, 1.807) is 16.8 Å².